The molecule has 2 rings (SSSR count). The molecular weight excluding hydrogens is 606 g/mol. The van der Waals surface area contributed by atoms with Crippen LogP contribution in [-0.4, -0.2) is 65.3 Å². The van der Waals surface area contributed by atoms with Crippen LogP contribution in [0, 0.1) is 0 Å². The molecule has 0 spiro atoms. The number of nitrogens with two attached hydrogens (primary N) is 2. The lowest BCUT2D eigenvalue weighted by Crippen LogP contribution is -2.53. The Kier molecular flexibility index (Phi) is 15.2. The number of carboxylic acids is 1. The van der Waals surface area contributed by atoms with Crippen LogP contribution in [0.15, 0.2) is 97.5 Å². The van der Waals surface area contributed by atoms with E-state index in [9.17, 15) is 33.9 Å². The van der Waals surface area contributed by atoms with Gasteiger partial charge in [0.05, 0.1) is 23.1 Å². The van der Waals surface area contributed by atoms with Gasteiger partial charge in [-0.05, 0) is 30.5 Å². The monoisotopic (exact) mass is 647 g/mol. The highest BCUT2D eigenvalue weighted by Crippen LogP contribution is 2.07. The Bertz CT molecular complexity index is 1480. The lowest BCUT2D eigenvalue weighted by Gasteiger charge is -2.21. The fourth-order valence-electron chi connectivity index (χ4n) is 4.10. The zero-order valence-corrected chi connectivity index (χ0v) is 25.9. The summed E-state index contributed by atoms with van der Waals surface area (Å²) >= 11 is 0. The van der Waals surface area contributed by atoms with E-state index in [1.807, 2.05) is 0 Å². The molecule has 0 aliphatic heterocycles. The summed E-state index contributed by atoms with van der Waals surface area (Å²) in [6.45, 7) is 10.9. The summed E-state index contributed by atoms with van der Waals surface area (Å²) in [5.41, 5.74) is 11.4. The number of carbonyl (C=O) groups excluding carboxylic acids is 5. The summed E-state index contributed by atoms with van der Waals surface area (Å²) in [5.74, 6) is -5.63. The topological polar surface area (TPSA) is 235 Å². The molecule has 14 heteroatoms. The van der Waals surface area contributed by atoms with E-state index >= 15 is 0 Å². The summed E-state index contributed by atoms with van der Waals surface area (Å²) in [6.07, 6.45) is 1.75. The van der Waals surface area contributed by atoms with Crippen molar-refractivity contribution in [2.75, 3.05) is 6.54 Å². The Hall–Kier alpha value is -5.60. The molecule has 14 nitrogen and oxygen atoms in total. The molecule has 0 fully saturated rings. The predicted octanol–water partition coefficient (Wildman–Crippen LogP) is -0.128. The SMILES string of the molecule is C=C(NC(=O)C(=C)NC(=O)[C@H](Cc1ccccc1)NC(=O)[C@@H](N)CCCCN)C(=O)NC(=C)C(=O)N[C@@H](Cc1ccccc1)C(=O)O. The van der Waals surface area contributed by atoms with Gasteiger partial charge in [-0.15, -0.1) is 0 Å². The van der Waals surface area contributed by atoms with Crippen molar-refractivity contribution < 1.29 is 33.9 Å². The number of carboxylic acid groups (broad SMARTS) is 1. The highest BCUT2D eigenvalue weighted by Gasteiger charge is 2.27. The van der Waals surface area contributed by atoms with Crippen molar-refractivity contribution in [1.82, 2.24) is 26.6 Å². The van der Waals surface area contributed by atoms with E-state index in [-0.39, 0.29) is 12.8 Å². The summed E-state index contributed by atoms with van der Waals surface area (Å²) in [5, 5.41) is 21.0. The molecule has 5 amide bonds. The van der Waals surface area contributed by atoms with E-state index in [1.54, 1.807) is 60.7 Å². The van der Waals surface area contributed by atoms with Crippen LogP contribution in [0.4, 0.5) is 0 Å². The number of hydrogen-bond donors (Lipinski definition) is 8. The maximum Gasteiger partial charge on any atom is 0.326 e. The van der Waals surface area contributed by atoms with Crippen molar-refractivity contribution in [3.8, 4) is 0 Å². The molecule has 0 saturated carbocycles. The van der Waals surface area contributed by atoms with Gasteiger partial charge in [-0.25, -0.2) is 4.79 Å². The highest BCUT2D eigenvalue weighted by molar-refractivity contribution is 6.07. The fraction of sp³-hybridized carbons (Fsp3) is 0.273. The number of amides is 5. The fourth-order valence-corrected chi connectivity index (χ4v) is 4.10. The number of carbonyl (C=O) groups is 6. The van der Waals surface area contributed by atoms with Crippen LogP contribution in [-0.2, 0) is 41.6 Å². The van der Waals surface area contributed by atoms with Gasteiger partial charge in [0.25, 0.3) is 17.7 Å². The van der Waals surface area contributed by atoms with Crippen LogP contribution in [0.3, 0.4) is 0 Å². The number of aliphatic carboxylic acids is 1. The second-order valence-corrected chi connectivity index (χ2v) is 10.5. The molecule has 0 radical (unpaired) electrons. The maximum atomic E-state index is 13.1. The normalized spacial score (nSPS) is 12.3. The van der Waals surface area contributed by atoms with E-state index in [2.05, 4.69) is 46.3 Å². The van der Waals surface area contributed by atoms with E-state index in [0.29, 0.717) is 31.4 Å². The molecule has 0 aliphatic rings. The summed E-state index contributed by atoms with van der Waals surface area (Å²) < 4.78 is 0. The number of hydrogen-bond acceptors (Lipinski definition) is 8. The molecule has 250 valence electrons. The Labute approximate surface area is 272 Å². The van der Waals surface area contributed by atoms with Gasteiger partial charge in [-0.1, -0.05) is 86.8 Å². The lowest BCUT2D eigenvalue weighted by molar-refractivity contribution is -0.141. The minimum atomic E-state index is -1.31. The minimum absolute atomic E-state index is 0.0166. The van der Waals surface area contributed by atoms with Crippen molar-refractivity contribution in [2.24, 2.45) is 11.5 Å². The predicted molar refractivity (Wildman–Crippen MR) is 175 cm³/mol. The first-order chi connectivity index (χ1) is 22.3. The van der Waals surface area contributed by atoms with Crippen molar-refractivity contribution in [3.63, 3.8) is 0 Å². The molecule has 2 aromatic carbocycles. The number of nitrogens with one attached hydrogen (secondary N) is 5. The first kappa shape index (κ1) is 37.6. The molecular formula is C33H41N7O7. The molecule has 2 aromatic rings. The van der Waals surface area contributed by atoms with Crippen LogP contribution in [0.2, 0.25) is 0 Å². The van der Waals surface area contributed by atoms with E-state index in [0.717, 1.165) is 5.56 Å². The molecule has 10 N–H and O–H groups in total. The van der Waals surface area contributed by atoms with E-state index < -0.39 is 70.7 Å². The third-order valence-electron chi connectivity index (χ3n) is 6.73. The van der Waals surface area contributed by atoms with Gasteiger partial charge in [-0.2, -0.15) is 0 Å². The quantitative estimate of drug-likeness (QED) is 0.0748. The van der Waals surface area contributed by atoms with Gasteiger partial charge in [0, 0.05) is 12.8 Å². The van der Waals surface area contributed by atoms with Crippen molar-refractivity contribution in [1.29, 1.82) is 0 Å². The van der Waals surface area contributed by atoms with Crippen molar-refractivity contribution >= 4 is 35.5 Å². The van der Waals surface area contributed by atoms with Crippen LogP contribution >= 0.6 is 0 Å². The van der Waals surface area contributed by atoms with Crippen LogP contribution in [0.1, 0.15) is 30.4 Å². The largest absolute Gasteiger partial charge is 0.480 e. The first-order valence-corrected chi connectivity index (χ1v) is 14.7. The smallest absolute Gasteiger partial charge is 0.326 e. The van der Waals surface area contributed by atoms with Crippen molar-refractivity contribution in [2.45, 2.75) is 50.2 Å². The zero-order chi connectivity index (χ0) is 34.9. The Morgan fingerprint density at radius 3 is 1.60 bits per heavy atom. The van der Waals surface area contributed by atoms with Crippen LogP contribution in [0.25, 0.3) is 0 Å². The van der Waals surface area contributed by atoms with Crippen LogP contribution < -0.4 is 38.1 Å². The minimum Gasteiger partial charge on any atom is -0.480 e. The number of benzene rings is 2. The molecule has 47 heavy (non-hydrogen) atoms. The molecule has 3 atom stereocenters. The second kappa shape index (κ2) is 19.0. The number of unbranched alkanes of at least 4 members (excludes halogenated alkanes) is 1. The average molecular weight is 648 g/mol. The highest BCUT2D eigenvalue weighted by atomic mass is 16.4. The van der Waals surface area contributed by atoms with Gasteiger partial charge in [-0.3, -0.25) is 24.0 Å². The molecule has 0 bridgehead atoms. The average Bonchev–Trinajstić information content (AvgIpc) is 3.04. The molecule has 0 heterocycles. The molecule has 0 unspecified atom stereocenters. The van der Waals surface area contributed by atoms with Gasteiger partial charge in [0.1, 0.15) is 12.1 Å². The number of rotatable bonds is 19. The summed E-state index contributed by atoms with van der Waals surface area (Å²) in [6, 6.07) is 14.1. The first-order valence-electron chi connectivity index (χ1n) is 14.7. The maximum absolute atomic E-state index is 13.1. The molecule has 0 aromatic heterocycles. The van der Waals surface area contributed by atoms with Crippen molar-refractivity contribution in [3.05, 3.63) is 109 Å². The van der Waals surface area contributed by atoms with Crippen LogP contribution in [0.5, 0.6) is 0 Å². The van der Waals surface area contributed by atoms with Gasteiger partial charge in [0.2, 0.25) is 11.8 Å². The lowest BCUT2D eigenvalue weighted by atomic mass is 10.0. The summed E-state index contributed by atoms with van der Waals surface area (Å²) in [7, 11) is 0. The molecule has 0 aliphatic carbocycles. The van der Waals surface area contributed by atoms with E-state index in [1.165, 1.54) is 0 Å². The van der Waals surface area contributed by atoms with Gasteiger partial charge in [0.15, 0.2) is 0 Å². The second-order valence-electron chi connectivity index (χ2n) is 10.5. The Balaban J connectivity index is 1.96. The zero-order valence-electron chi connectivity index (χ0n) is 25.9. The Morgan fingerprint density at radius 1 is 0.638 bits per heavy atom. The Morgan fingerprint density at radius 2 is 1.11 bits per heavy atom. The third kappa shape index (κ3) is 13.1. The third-order valence-corrected chi connectivity index (χ3v) is 6.73. The molecule has 0 saturated heterocycles. The summed E-state index contributed by atoms with van der Waals surface area (Å²) in [4.78, 5) is 75.3. The standard InChI is InChI=1S/C33H41N7O7/c1-20(28(41)37-22(3)30(43)40-27(33(46)47)19-24-14-8-5-9-15-24)36-29(42)21(2)38-32(45)26(18-23-12-6-4-7-13-23)39-31(44)25(35)16-10-11-17-34/h4-9,12-15,25-27H,1-3,10-11,16-19,34-35H2,(H,36,42)(H,37,41)(H,38,45)(H,39,44)(H,40,43)(H,46,47)/t25-,26-,27-/m0/s1. The van der Waals surface area contributed by atoms with Gasteiger partial charge >= 0.3 is 5.97 Å². The van der Waals surface area contributed by atoms with Gasteiger partial charge < -0.3 is 43.2 Å². The van der Waals surface area contributed by atoms with E-state index in [4.69, 9.17) is 11.5 Å².